The SMILES string of the molecule is C=CCOc1cccc([N+](=O)[O-])c1NS(=O)(=O)c1ncn[nH]1. The Morgan fingerprint density at radius 3 is 2.86 bits per heavy atom. The van der Waals surface area contributed by atoms with Gasteiger partial charge in [0, 0.05) is 6.07 Å². The summed E-state index contributed by atoms with van der Waals surface area (Å²) in [7, 11) is -4.16. The first-order valence-corrected chi connectivity index (χ1v) is 7.33. The van der Waals surface area contributed by atoms with Crippen LogP contribution in [0.4, 0.5) is 11.4 Å². The number of aromatic amines is 1. The summed E-state index contributed by atoms with van der Waals surface area (Å²) >= 11 is 0. The smallest absolute Gasteiger partial charge is 0.297 e. The molecule has 2 aromatic rings. The average molecular weight is 325 g/mol. The van der Waals surface area contributed by atoms with Crippen LogP contribution in [-0.2, 0) is 10.0 Å². The van der Waals surface area contributed by atoms with Crippen LogP contribution >= 0.6 is 0 Å². The summed E-state index contributed by atoms with van der Waals surface area (Å²) in [4.78, 5) is 13.9. The lowest BCUT2D eigenvalue weighted by atomic mass is 10.2. The van der Waals surface area contributed by atoms with Crippen LogP contribution in [0.2, 0.25) is 0 Å². The third-order valence-corrected chi connectivity index (χ3v) is 3.62. The Morgan fingerprint density at radius 2 is 2.27 bits per heavy atom. The van der Waals surface area contributed by atoms with E-state index in [1.165, 1.54) is 18.2 Å². The van der Waals surface area contributed by atoms with E-state index in [0.29, 0.717) is 0 Å². The predicted molar refractivity (Wildman–Crippen MR) is 76.0 cm³/mol. The molecule has 2 rings (SSSR count). The summed E-state index contributed by atoms with van der Waals surface area (Å²) in [6.07, 6.45) is 2.43. The summed E-state index contributed by atoms with van der Waals surface area (Å²) in [5, 5.41) is 16.2. The monoisotopic (exact) mass is 325 g/mol. The number of nitro benzene ring substituents is 1. The molecule has 0 amide bonds. The van der Waals surface area contributed by atoms with Gasteiger partial charge in [0.25, 0.3) is 20.9 Å². The van der Waals surface area contributed by atoms with Gasteiger partial charge in [-0.2, -0.15) is 13.5 Å². The Labute approximate surface area is 125 Å². The molecule has 0 aliphatic rings. The van der Waals surface area contributed by atoms with E-state index in [-0.39, 0.29) is 18.0 Å². The van der Waals surface area contributed by atoms with Crippen molar-refractivity contribution in [1.82, 2.24) is 15.2 Å². The van der Waals surface area contributed by atoms with E-state index in [0.717, 1.165) is 12.4 Å². The fourth-order valence-electron chi connectivity index (χ4n) is 1.55. The molecule has 22 heavy (non-hydrogen) atoms. The van der Waals surface area contributed by atoms with Crippen LogP contribution in [0.3, 0.4) is 0 Å². The van der Waals surface area contributed by atoms with Gasteiger partial charge in [-0.15, -0.1) is 0 Å². The van der Waals surface area contributed by atoms with Crippen LogP contribution in [0, 0.1) is 10.1 Å². The Bertz CT molecular complexity index is 787. The number of hydrogen-bond acceptors (Lipinski definition) is 7. The molecule has 116 valence electrons. The van der Waals surface area contributed by atoms with Gasteiger partial charge in [0.1, 0.15) is 12.9 Å². The zero-order chi connectivity index (χ0) is 16.2. The number of ether oxygens (including phenoxy) is 1. The number of nitro groups is 1. The van der Waals surface area contributed by atoms with Crippen LogP contribution in [0.1, 0.15) is 0 Å². The van der Waals surface area contributed by atoms with Crippen molar-refractivity contribution in [2.75, 3.05) is 11.3 Å². The summed E-state index contributed by atoms with van der Waals surface area (Å²) in [6, 6.07) is 3.93. The number of nitrogens with zero attached hydrogens (tertiary/aromatic N) is 3. The molecule has 0 spiro atoms. The van der Waals surface area contributed by atoms with Gasteiger partial charge in [0.05, 0.1) is 4.92 Å². The third kappa shape index (κ3) is 3.20. The second-order valence-corrected chi connectivity index (χ2v) is 5.50. The lowest BCUT2D eigenvalue weighted by Crippen LogP contribution is -2.16. The normalized spacial score (nSPS) is 10.9. The molecule has 0 atom stereocenters. The first-order valence-electron chi connectivity index (χ1n) is 5.85. The number of nitrogens with one attached hydrogen (secondary N) is 2. The number of aromatic nitrogens is 3. The minimum atomic E-state index is -4.16. The van der Waals surface area contributed by atoms with Crippen LogP contribution in [0.25, 0.3) is 0 Å². The maximum Gasteiger partial charge on any atom is 0.297 e. The van der Waals surface area contributed by atoms with Crippen molar-refractivity contribution in [2.45, 2.75) is 5.16 Å². The minimum absolute atomic E-state index is 0.00260. The van der Waals surface area contributed by atoms with Gasteiger partial charge < -0.3 is 4.74 Å². The summed E-state index contributed by atoms with van der Waals surface area (Å²) < 4.78 is 31.6. The molecular formula is C11H11N5O5S. The molecule has 2 N–H and O–H groups in total. The number of H-pyrrole nitrogens is 1. The molecule has 0 fully saturated rings. The summed E-state index contributed by atoms with van der Waals surface area (Å²) in [5.41, 5.74) is -0.754. The number of sulfonamides is 1. The maximum atomic E-state index is 12.1. The zero-order valence-corrected chi connectivity index (χ0v) is 11.9. The molecule has 0 unspecified atom stereocenters. The van der Waals surface area contributed by atoms with Gasteiger partial charge in [-0.05, 0) is 6.07 Å². The molecule has 0 saturated heterocycles. The van der Waals surface area contributed by atoms with Crippen LogP contribution in [0.15, 0.2) is 42.3 Å². The molecule has 1 aromatic heterocycles. The van der Waals surface area contributed by atoms with E-state index in [2.05, 4.69) is 26.5 Å². The first-order chi connectivity index (χ1) is 10.5. The van der Waals surface area contributed by atoms with Crippen LogP contribution < -0.4 is 9.46 Å². The number of rotatable bonds is 7. The van der Waals surface area contributed by atoms with Gasteiger partial charge in [-0.25, -0.2) is 10.1 Å². The molecule has 0 saturated carbocycles. The number of para-hydroxylation sites is 1. The maximum absolute atomic E-state index is 12.1. The minimum Gasteiger partial charge on any atom is -0.487 e. The van der Waals surface area contributed by atoms with E-state index < -0.39 is 25.8 Å². The molecule has 1 aromatic carbocycles. The van der Waals surface area contributed by atoms with Gasteiger partial charge in [-0.3, -0.25) is 14.8 Å². The Hall–Kier alpha value is -2.95. The second kappa shape index (κ2) is 6.22. The summed E-state index contributed by atoms with van der Waals surface area (Å²) in [6.45, 7) is 3.51. The van der Waals surface area contributed by atoms with E-state index in [1.807, 2.05) is 0 Å². The fraction of sp³-hybridized carbons (Fsp3) is 0.0909. The summed E-state index contributed by atoms with van der Waals surface area (Å²) in [5.74, 6) is -0.00260. The molecule has 10 nitrogen and oxygen atoms in total. The third-order valence-electron chi connectivity index (χ3n) is 2.44. The molecule has 0 radical (unpaired) electrons. The highest BCUT2D eigenvalue weighted by molar-refractivity contribution is 7.92. The topological polar surface area (TPSA) is 140 Å². The Kier molecular flexibility index (Phi) is 4.36. The quantitative estimate of drug-likeness (QED) is 0.441. The zero-order valence-electron chi connectivity index (χ0n) is 11.1. The van der Waals surface area contributed by atoms with E-state index in [4.69, 9.17) is 4.74 Å². The van der Waals surface area contributed by atoms with E-state index in [1.54, 1.807) is 0 Å². The first kappa shape index (κ1) is 15.4. The fourth-order valence-corrected chi connectivity index (χ4v) is 2.48. The molecule has 0 aliphatic heterocycles. The standard InChI is InChI=1S/C11H11N5O5S/c1-2-6-21-9-5-3-4-8(16(17)18)10(9)15-22(19,20)11-12-7-13-14-11/h2-5,7,15H,1,6H2,(H,12,13,14). The van der Waals surface area contributed by atoms with E-state index in [9.17, 15) is 18.5 Å². The Morgan fingerprint density at radius 1 is 1.50 bits per heavy atom. The largest absolute Gasteiger partial charge is 0.487 e. The molecule has 0 bridgehead atoms. The van der Waals surface area contributed by atoms with Crippen molar-refractivity contribution >= 4 is 21.4 Å². The highest BCUT2D eigenvalue weighted by atomic mass is 32.2. The van der Waals surface area contributed by atoms with Crippen molar-refractivity contribution in [3.8, 4) is 5.75 Å². The molecule has 11 heteroatoms. The van der Waals surface area contributed by atoms with Crippen molar-refractivity contribution in [3.63, 3.8) is 0 Å². The Balaban J connectivity index is 2.47. The average Bonchev–Trinajstić information content (AvgIpc) is 3.00. The second-order valence-electron chi connectivity index (χ2n) is 3.90. The van der Waals surface area contributed by atoms with Crippen molar-refractivity contribution in [1.29, 1.82) is 0 Å². The highest BCUT2D eigenvalue weighted by Gasteiger charge is 2.26. The van der Waals surface area contributed by atoms with Gasteiger partial charge in [0.15, 0.2) is 11.4 Å². The van der Waals surface area contributed by atoms with Crippen molar-refractivity contribution < 1.29 is 18.1 Å². The lowest BCUT2D eigenvalue weighted by molar-refractivity contribution is -0.383. The predicted octanol–water partition coefficient (Wildman–Crippen LogP) is 1.08. The number of hydrogen-bond donors (Lipinski definition) is 2. The molecule has 0 aliphatic carbocycles. The van der Waals surface area contributed by atoms with Crippen LogP contribution in [0.5, 0.6) is 5.75 Å². The van der Waals surface area contributed by atoms with Gasteiger partial charge in [-0.1, -0.05) is 18.7 Å². The van der Waals surface area contributed by atoms with Gasteiger partial charge >= 0.3 is 0 Å². The van der Waals surface area contributed by atoms with Gasteiger partial charge in [0.2, 0.25) is 0 Å². The molecule has 1 heterocycles. The lowest BCUT2D eigenvalue weighted by Gasteiger charge is -2.11. The van der Waals surface area contributed by atoms with Crippen molar-refractivity contribution in [2.24, 2.45) is 0 Å². The van der Waals surface area contributed by atoms with Crippen LogP contribution in [-0.4, -0.2) is 35.1 Å². The highest BCUT2D eigenvalue weighted by Crippen LogP contribution is 2.35. The number of anilines is 1. The van der Waals surface area contributed by atoms with E-state index >= 15 is 0 Å². The number of benzene rings is 1. The molecular weight excluding hydrogens is 314 g/mol. The van der Waals surface area contributed by atoms with Crippen molar-refractivity contribution in [3.05, 3.63) is 47.3 Å².